The largest absolute Gasteiger partial charge is 0.496 e. The van der Waals surface area contributed by atoms with Gasteiger partial charge < -0.3 is 10.5 Å². The molecule has 3 atom stereocenters. The molecule has 2 aliphatic rings. The molecule has 104 valence electrons. The molecule has 2 N–H and O–H groups in total. The molecule has 2 fully saturated rings. The number of hydrogen-bond acceptors (Lipinski definition) is 2. The van der Waals surface area contributed by atoms with Gasteiger partial charge in [0, 0.05) is 0 Å². The highest BCUT2D eigenvalue weighted by atomic mass is 16.5. The van der Waals surface area contributed by atoms with E-state index in [4.69, 9.17) is 10.5 Å². The van der Waals surface area contributed by atoms with Crippen LogP contribution in [0.2, 0.25) is 0 Å². The number of fused-ring (bicyclic) bond motifs is 2. The highest BCUT2D eigenvalue weighted by Gasteiger charge is 2.50. The number of hydrogen-bond donors (Lipinski definition) is 1. The summed E-state index contributed by atoms with van der Waals surface area (Å²) in [5, 5.41) is 0. The van der Waals surface area contributed by atoms with E-state index < -0.39 is 0 Å². The van der Waals surface area contributed by atoms with E-state index >= 15 is 0 Å². The van der Waals surface area contributed by atoms with Gasteiger partial charge in [-0.2, -0.15) is 0 Å². The van der Waals surface area contributed by atoms with Crippen LogP contribution in [-0.2, 0) is 6.42 Å². The third-order valence-corrected chi connectivity index (χ3v) is 5.49. The molecule has 2 aliphatic carbocycles. The van der Waals surface area contributed by atoms with Crippen LogP contribution in [0, 0.1) is 24.2 Å². The second-order valence-electron chi connectivity index (χ2n) is 6.64. The van der Waals surface area contributed by atoms with Crippen LogP contribution in [0.5, 0.6) is 5.75 Å². The van der Waals surface area contributed by atoms with E-state index in [2.05, 4.69) is 25.1 Å². The van der Waals surface area contributed by atoms with Crippen molar-refractivity contribution in [3.8, 4) is 5.75 Å². The van der Waals surface area contributed by atoms with E-state index in [-0.39, 0.29) is 0 Å². The van der Waals surface area contributed by atoms with Crippen LogP contribution in [0.15, 0.2) is 18.2 Å². The van der Waals surface area contributed by atoms with Gasteiger partial charge in [0.05, 0.1) is 7.11 Å². The summed E-state index contributed by atoms with van der Waals surface area (Å²) in [7, 11) is 1.77. The molecule has 2 heteroatoms. The molecular formula is C17H25NO. The maximum absolute atomic E-state index is 6.19. The summed E-state index contributed by atoms with van der Waals surface area (Å²) in [6, 6.07) is 6.50. The molecule has 1 aromatic rings. The minimum Gasteiger partial charge on any atom is -0.496 e. The van der Waals surface area contributed by atoms with Crippen LogP contribution in [0.1, 0.15) is 36.8 Å². The molecule has 3 rings (SSSR count). The van der Waals surface area contributed by atoms with Crippen molar-refractivity contribution in [2.24, 2.45) is 23.0 Å². The summed E-state index contributed by atoms with van der Waals surface area (Å²) in [5.41, 5.74) is 9.19. The zero-order valence-electron chi connectivity index (χ0n) is 12.1. The Morgan fingerprint density at radius 1 is 1.37 bits per heavy atom. The number of ether oxygens (including phenoxy) is 1. The van der Waals surface area contributed by atoms with Crippen molar-refractivity contribution in [1.29, 1.82) is 0 Å². The van der Waals surface area contributed by atoms with Gasteiger partial charge in [-0.15, -0.1) is 0 Å². The molecule has 0 aliphatic heterocycles. The van der Waals surface area contributed by atoms with Crippen molar-refractivity contribution in [1.82, 2.24) is 0 Å². The SMILES string of the molecule is COc1ccc(C)cc1CC1(CN)CC2CCC1C2. The number of rotatable bonds is 4. The third kappa shape index (κ3) is 2.16. The van der Waals surface area contributed by atoms with E-state index in [0.717, 1.165) is 30.6 Å². The summed E-state index contributed by atoms with van der Waals surface area (Å²) >= 11 is 0. The van der Waals surface area contributed by atoms with Gasteiger partial charge >= 0.3 is 0 Å². The fourth-order valence-electron chi connectivity index (χ4n) is 4.52. The van der Waals surface area contributed by atoms with Gasteiger partial charge in [-0.05, 0) is 68.0 Å². The third-order valence-electron chi connectivity index (χ3n) is 5.49. The second kappa shape index (κ2) is 4.82. The van der Waals surface area contributed by atoms with Gasteiger partial charge in [0.25, 0.3) is 0 Å². The van der Waals surface area contributed by atoms with Gasteiger partial charge in [0.2, 0.25) is 0 Å². The monoisotopic (exact) mass is 259 g/mol. The van der Waals surface area contributed by atoms with Crippen molar-refractivity contribution >= 4 is 0 Å². The first-order valence-electron chi connectivity index (χ1n) is 7.50. The molecule has 2 nitrogen and oxygen atoms in total. The molecule has 2 bridgehead atoms. The summed E-state index contributed by atoms with van der Waals surface area (Å²) in [6.45, 7) is 2.98. The van der Waals surface area contributed by atoms with Gasteiger partial charge in [-0.1, -0.05) is 24.1 Å². The second-order valence-corrected chi connectivity index (χ2v) is 6.64. The molecule has 0 heterocycles. The van der Waals surface area contributed by atoms with Crippen molar-refractivity contribution < 1.29 is 4.74 Å². The number of aryl methyl sites for hydroxylation is 1. The predicted octanol–water partition coefficient (Wildman–Crippen LogP) is 3.31. The lowest BCUT2D eigenvalue weighted by Gasteiger charge is -2.37. The van der Waals surface area contributed by atoms with E-state index in [9.17, 15) is 0 Å². The van der Waals surface area contributed by atoms with Gasteiger partial charge in [-0.3, -0.25) is 0 Å². The zero-order chi connectivity index (χ0) is 13.5. The minimum atomic E-state index is 0.337. The first-order valence-corrected chi connectivity index (χ1v) is 7.50. The normalized spacial score (nSPS) is 32.8. The van der Waals surface area contributed by atoms with E-state index in [1.54, 1.807) is 7.11 Å². The van der Waals surface area contributed by atoms with Crippen LogP contribution in [-0.4, -0.2) is 13.7 Å². The fourth-order valence-corrected chi connectivity index (χ4v) is 4.52. The quantitative estimate of drug-likeness (QED) is 0.900. The molecule has 19 heavy (non-hydrogen) atoms. The first kappa shape index (κ1) is 13.0. The van der Waals surface area contributed by atoms with Crippen LogP contribution < -0.4 is 10.5 Å². The van der Waals surface area contributed by atoms with Crippen LogP contribution in [0.3, 0.4) is 0 Å². The Kier molecular flexibility index (Phi) is 3.30. The fraction of sp³-hybridized carbons (Fsp3) is 0.647. The predicted molar refractivity (Wildman–Crippen MR) is 78.4 cm³/mol. The highest BCUT2D eigenvalue weighted by Crippen LogP contribution is 2.57. The lowest BCUT2D eigenvalue weighted by molar-refractivity contribution is 0.170. The van der Waals surface area contributed by atoms with Crippen molar-refractivity contribution in [3.63, 3.8) is 0 Å². The topological polar surface area (TPSA) is 35.2 Å². The summed E-state index contributed by atoms with van der Waals surface area (Å²) in [6.07, 6.45) is 6.64. The van der Waals surface area contributed by atoms with Crippen LogP contribution >= 0.6 is 0 Å². The first-order chi connectivity index (χ1) is 9.16. The molecule has 3 unspecified atom stereocenters. The lowest BCUT2D eigenvalue weighted by Crippen LogP contribution is -2.38. The van der Waals surface area contributed by atoms with E-state index in [1.807, 2.05) is 0 Å². The van der Waals surface area contributed by atoms with E-state index in [1.165, 1.54) is 36.8 Å². The number of benzene rings is 1. The molecular weight excluding hydrogens is 234 g/mol. The minimum absolute atomic E-state index is 0.337. The van der Waals surface area contributed by atoms with Gasteiger partial charge in [0.1, 0.15) is 5.75 Å². The Bertz CT molecular complexity index is 470. The van der Waals surface area contributed by atoms with Gasteiger partial charge in [0.15, 0.2) is 0 Å². The number of nitrogens with two attached hydrogens (primary N) is 1. The molecule has 2 saturated carbocycles. The Labute approximate surface area is 116 Å². The summed E-state index contributed by atoms with van der Waals surface area (Å²) in [4.78, 5) is 0. The lowest BCUT2D eigenvalue weighted by atomic mass is 9.69. The van der Waals surface area contributed by atoms with E-state index in [0.29, 0.717) is 5.41 Å². The van der Waals surface area contributed by atoms with Crippen LogP contribution in [0.25, 0.3) is 0 Å². The molecule has 0 radical (unpaired) electrons. The maximum atomic E-state index is 6.19. The average molecular weight is 259 g/mol. The molecule has 1 aromatic carbocycles. The molecule has 0 saturated heterocycles. The Hall–Kier alpha value is -1.02. The Morgan fingerprint density at radius 2 is 2.21 bits per heavy atom. The highest BCUT2D eigenvalue weighted by molar-refractivity contribution is 5.38. The zero-order valence-corrected chi connectivity index (χ0v) is 12.1. The standard InChI is InChI=1S/C17H25NO/c1-12-3-6-16(19-2)14(7-12)10-17(11-18)9-13-4-5-15(17)8-13/h3,6-7,13,15H,4-5,8-11,18H2,1-2H3. The van der Waals surface area contributed by atoms with Crippen LogP contribution in [0.4, 0.5) is 0 Å². The average Bonchev–Trinajstić information content (AvgIpc) is 3.00. The molecule has 0 aromatic heterocycles. The Morgan fingerprint density at radius 3 is 2.79 bits per heavy atom. The van der Waals surface area contributed by atoms with Crippen molar-refractivity contribution in [2.45, 2.75) is 39.0 Å². The van der Waals surface area contributed by atoms with Crippen molar-refractivity contribution in [3.05, 3.63) is 29.3 Å². The summed E-state index contributed by atoms with van der Waals surface area (Å²) in [5.74, 6) is 2.80. The molecule has 0 spiro atoms. The Balaban J connectivity index is 1.89. The smallest absolute Gasteiger partial charge is 0.122 e. The molecule has 0 amide bonds. The number of methoxy groups -OCH3 is 1. The van der Waals surface area contributed by atoms with Crippen molar-refractivity contribution in [2.75, 3.05) is 13.7 Å². The summed E-state index contributed by atoms with van der Waals surface area (Å²) < 4.78 is 5.54. The van der Waals surface area contributed by atoms with Gasteiger partial charge in [-0.25, -0.2) is 0 Å². The maximum Gasteiger partial charge on any atom is 0.122 e.